The number of hydrogen-bond acceptors (Lipinski definition) is 1. The van der Waals surface area contributed by atoms with E-state index >= 15 is 0 Å². The molecule has 4 heteroatoms. The van der Waals surface area contributed by atoms with Gasteiger partial charge in [-0.05, 0) is 30.3 Å². The molecule has 0 fully saturated rings. The van der Waals surface area contributed by atoms with Crippen LogP contribution >= 0.6 is 11.6 Å². The van der Waals surface area contributed by atoms with E-state index in [2.05, 4.69) is 11.2 Å². The van der Waals surface area contributed by atoms with E-state index in [-0.39, 0.29) is 10.7 Å². The molecule has 1 aromatic heterocycles. The summed E-state index contributed by atoms with van der Waals surface area (Å²) in [6.45, 7) is 0. The lowest BCUT2D eigenvalue weighted by Crippen LogP contribution is -1.87. The maximum atomic E-state index is 13.3. The molecule has 15 heavy (non-hydrogen) atoms. The van der Waals surface area contributed by atoms with Crippen LogP contribution in [0.2, 0.25) is 5.15 Å². The van der Waals surface area contributed by atoms with E-state index in [9.17, 15) is 8.78 Å². The van der Waals surface area contributed by atoms with Gasteiger partial charge in [0.05, 0.1) is 6.20 Å². The lowest BCUT2D eigenvalue weighted by atomic mass is 10.1. The summed E-state index contributed by atoms with van der Waals surface area (Å²) in [6, 6.07) is 6.25. The molecule has 0 aliphatic rings. The molecular weight excluding hydrogens is 220 g/mol. The highest BCUT2D eigenvalue weighted by Gasteiger charge is 2.07. The Hall–Kier alpha value is -1.48. The number of benzene rings is 1. The molecule has 0 amide bonds. The summed E-state index contributed by atoms with van der Waals surface area (Å²) < 4.78 is 26.2. The average molecular weight is 225 g/mol. The van der Waals surface area contributed by atoms with Crippen LogP contribution in [0.4, 0.5) is 8.78 Å². The molecule has 0 saturated heterocycles. The zero-order valence-corrected chi connectivity index (χ0v) is 8.22. The topological polar surface area (TPSA) is 12.9 Å². The van der Waals surface area contributed by atoms with Crippen LogP contribution in [-0.4, -0.2) is 4.98 Å². The van der Waals surface area contributed by atoms with Gasteiger partial charge in [-0.1, -0.05) is 11.6 Å². The number of halogens is 3. The van der Waals surface area contributed by atoms with Crippen LogP contribution in [0.5, 0.6) is 0 Å². The Labute approximate surface area is 90.3 Å². The molecule has 1 heterocycles. The zero-order valence-electron chi connectivity index (χ0n) is 7.47. The van der Waals surface area contributed by atoms with Crippen LogP contribution in [-0.2, 0) is 0 Å². The maximum absolute atomic E-state index is 13.3. The molecule has 0 aliphatic heterocycles. The molecular formula is C11H5ClF2N. The summed E-state index contributed by atoms with van der Waals surface area (Å²) in [7, 11) is 0. The molecule has 0 saturated carbocycles. The Morgan fingerprint density at radius 1 is 1.13 bits per heavy atom. The van der Waals surface area contributed by atoms with Gasteiger partial charge in [0.2, 0.25) is 0 Å². The van der Waals surface area contributed by atoms with Gasteiger partial charge in [-0.25, -0.2) is 13.8 Å². The predicted molar refractivity (Wildman–Crippen MR) is 53.4 cm³/mol. The fourth-order valence-electron chi connectivity index (χ4n) is 1.19. The van der Waals surface area contributed by atoms with Crippen molar-refractivity contribution in [3.63, 3.8) is 0 Å². The Bertz CT molecular complexity index is 482. The van der Waals surface area contributed by atoms with Crippen molar-refractivity contribution in [2.45, 2.75) is 0 Å². The minimum atomic E-state index is -0.517. The zero-order chi connectivity index (χ0) is 10.8. The van der Waals surface area contributed by atoms with Crippen molar-refractivity contribution < 1.29 is 8.78 Å². The average Bonchev–Trinajstić information content (AvgIpc) is 2.23. The first-order valence-electron chi connectivity index (χ1n) is 4.16. The molecule has 0 atom stereocenters. The summed E-state index contributed by atoms with van der Waals surface area (Å²) in [5.74, 6) is -1.02. The second-order valence-electron chi connectivity index (χ2n) is 2.92. The molecule has 2 rings (SSSR count). The normalized spacial score (nSPS) is 10.3. The Kier molecular flexibility index (Phi) is 2.64. The number of hydrogen-bond donors (Lipinski definition) is 0. The Morgan fingerprint density at radius 2 is 1.93 bits per heavy atom. The number of aromatic nitrogens is 1. The third-order valence-electron chi connectivity index (χ3n) is 1.89. The Balaban J connectivity index is 2.53. The van der Waals surface area contributed by atoms with Crippen molar-refractivity contribution in [2.24, 2.45) is 0 Å². The monoisotopic (exact) mass is 224 g/mol. The number of rotatable bonds is 1. The lowest BCUT2D eigenvalue weighted by Gasteiger charge is -2.02. The van der Waals surface area contributed by atoms with Crippen molar-refractivity contribution in [2.75, 3.05) is 0 Å². The summed E-state index contributed by atoms with van der Waals surface area (Å²) in [5, 5.41) is 0.260. The van der Waals surface area contributed by atoms with Gasteiger partial charge in [-0.15, -0.1) is 0 Å². The van der Waals surface area contributed by atoms with Crippen LogP contribution in [0.25, 0.3) is 11.1 Å². The molecule has 1 radical (unpaired) electrons. The van der Waals surface area contributed by atoms with Gasteiger partial charge in [-0.3, -0.25) is 0 Å². The number of pyridine rings is 1. The largest absolute Gasteiger partial charge is 0.234 e. The summed E-state index contributed by atoms with van der Waals surface area (Å²) in [5.41, 5.74) is 0.496. The van der Waals surface area contributed by atoms with Gasteiger partial charge in [-0.2, -0.15) is 0 Å². The second kappa shape index (κ2) is 3.95. The quantitative estimate of drug-likeness (QED) is 0.676. The third-order valence-corrected chi connectivity index (χ3v) is 2.10. The van der Waals surface area contributed by atoms with E-state index in [0.29, 0.717) is 5.56 Å². The van der Waals surface area contributed by atoms with Gasteiger partial charge < -0.3 is 0 Å². The van der Waals surface area contributed by atoms with Crippen LogP contribution in [0.15, 0.2) is 30.3 Å². The van der Waals surface area contributed by atoms with Crippen molar-refractivity contribution >= 4 is 11.6 Å². The smallest absolute Gasteiger partial charge is 0.131 e. The first kappa shape index (κ1) is 10.1. The number of nitrogens with zero attached hydrogens (tertiary/aromatic N) is 1. The molecule has 2 aromatic rings. The van der Waals surface area contributed by atoms with E-state index in [1.54, 1.807) is 0 Å². The first-order chi connectivity index (χ1) is 7.16. The highest BCUT2D eigenvalue weighted by atomic mass is 35.5. The van der Waals surface area contributed by atoms with E-state index in [1.807, 2.05) is 0 Å². The van der Waals surface area contributed by atoms with E-state index < -0.39 is 11.6 Å². The fraction of sp³-hybridized carbons (Fsp3) is 0. The van der Waals surface area contributed by atoms with Crippen LogP contribution in [0.1, 0.15) is 0 Å². The van der Waals surface area contributed by atoms with Crippen molar-refractivity contribution in [3.8, 4) is 11.1 Å². The summed E-state index contributed by atoms with van der Waals surface area (Å²) in [6.07, 6.45) is 2.53. The SMILES string of the molecule is Fc1ccc(F)c(-c2[c]nc(Cl)cc2)c1. The molecule has 1 aromatic carbocycles. The van der Waals surface area contributed by atoms with Gasteiger partial charge in [0.15, 0.2) is 0 Å². The van der Waals surface area contributed by atoms with Crippen molar-refractivity contribution in [1.82, 2.24) is 4.98 Å². The van der Waals surface area contributed by atoms with E-state index in [0.717, 1.165) is 18.2 Å². The minimum Gasteiger partial charge on any atom is -0.234 e. The van der Waals surface area contributed by atoms with Gasteiger partial charge >= 0.3 is 0 Å². The minimum absolute atomic E-state index is 0.124. The van der Waals surface area contributed by atoms with Crippen LogP contribution in [0, 0.1) is 17.8 Å². The summed E-state index contributed by atoms with van der Waals surface area (Å²) >= 11 is 5.56. The van der Waals surface area contributed by atoms with Crippen molar-refractivity contribution in [3.05, 3.63) is 53.3 Å². The first-order valence-corrected chi connectivity index (χ1v) is 4.54. The molecule has 0 aliphatic carbocycles. The highest BCUT2D eigenvalue weighted by molar-refractivity contribution is 6.29. The molecule has 0 bridgehead atoms. The Morgan fingerprint density at radius 3 is 2.60 bits per heavy atom. The van der Waals surface area contributed by atoms with Crippen LogP contribution in [0.3, 0.4) is 0 Å². The van der Waals surface area contributed by atoms with Gasteiger partial charge in [0, 0.05) is 11.1 Å². The standard InChI is InChI=1S/C11H5ClF2N/c12-11-4-1-7(6-15-11)9-5-8(13)2-3-10(9)14/h1-5H. The van der Waals surface area contributed by atoms with Crippen molar-refractivity contribution in [1.29, 1.82) is 0 Å². The van der Waals surface area contributed by atoms with E-state index in [1.165, 1.54) is 12.1 Å². The fourth-order valence-corrected chi connectivity index (χ4v) is 1.30. The third kappa shape index (κ3) is 2.13. The highest BCUT2D eigenvalue weighted by Crippen LogP contribution is 2.23. The summed E-state index contributed by atoms with van der Waals surface area (Å²) in [4.78, 5) is 3.68. The second-order valence-corrected chi connectivity index (χ2v) is 3.30. The van der Waals surface area contributed by atoms with Gasteiger partial charge in [0.1, 0.15) is 16.8 Å². The van der Waals surface area contributed by atoms with E-state index in [4.69, 9.17) is 11.6 Å². The van der Waals surface area contributed by atoms with Gasteiger partial charge in [0.25, 0.3) is 0 Å². The van der Waals surface area contributed by atoms with Crippen LogP contribution < -0.4 is 0 Å². The predicted octanol–water partition coefficient (Wildman–Crippen LogP) is 3.48. The lowest BCUT2D eigenvalue weighted by molar-refractivity contribution is 0.603. The molecule has 0 spiro atoms. The molecule has 0 unspecified atom stereocenters. The molecule has 0 N–H and O–H groups in total. The molecule has 1 nitrogen and oxygen atoms in total. The maximum Gasteiger partial charge on any atom is 0.131 e. The molecule has 75 valence electrons.